The third-order valence-corrected chi connectivity index (χ3v) is 2.99. The third kappa shape index (κ3) is 5.69. The highest BCUT2D eigenvalue weighted by molar-refractivity contribution is 5.33. The zero-order valence-corrected chi connectivity index (χ0v) is 12.4. The van der Waals surface area contributed by atoms with Crippen LogP contribution in [0.1, 0.15) is 46.2 Å². The van der Waals surface area contributed by atoms with E-state index in [1.165, 1.54) is 0 Å². The fourth-order valence-electron chi connectivity index (χ4n) is 1.70. The van der Waals surface area contributed by atoms with Gasteiger partial charge in [0.05, 0.1) is 0 Å². The Morgan fingerprint density at radius 3 is 2.21 bits per heavy atom. The number of nitrogens with zero attached hydrogens (tertiary/aromatic N) is 4. The Morgan fingerprint density at radius 2 is 1.74 bits per heavy atom. The van der Waals surface area contributed by atoms with Crippen molar-refractivity contribution in [1.82, 2.24) is 9.97 Å². The minimum absolute atomic E-state index is 0.434. The molecule has 104 valence electrons. The average Bonchev–Trinajstić information content (AvgIpc) is 2.38. The lowest BCUT2D eigenvalue weighted by Crippen LogP contribution is -2.29. The molecule has 0 amide bonds. The molecule has 0 aliphatic carbocycles. The molecule has 4 heteroatoms. The van der Waals surface area contributed by atoms with Gasteiger partial charge in [0.25, 0.3) is 0 Å². The van der Waals surface area contributed by atoms with Crippen molar-refractivity contribution < 1.29 is 0 Å². The largest absolute Gasteiger partial charge is 0.341 e. The SMILES string of the molecule is CC(C)CCN(CCC(C)C)c1nccc(C#N)n1. The van der Waals surface area contributed by atoms with Gasteiger partial charge >= 0.3 is 0 Å². The number of nitriles is 1. The fourth-order valence-corrected chi connectivity index (χ4v) is 1.70. The molecule has 0 saturated heterocycles. The van der Waals surface area contributed by atoms with Crippen LogP contribution in [0.5, 0.6) is 0 Å². The molecular formula is C15H24N4. The number of hydrogen-bond donors (Lipinski definition) is 0. The zero-order valence-electron chi connectivity index (χ0n) is 12.4. The second kappa shape index (κ2) is 7.73. The summed E-state index contributed by atoms with van der Waals surface area (Å²) in [5.74, 6) is 1.99. The van der Waals surface area contributed by atoms with E-state index >= 15 is 0 Å². The van der Waals surface area contributed by atoms with Crippen molar-refractivity contribution in [3.8, 4) is 6.07 Å². The van der Waals surface area contributed by atoms with E-state index in [-0.39, 0.29) is 0 Å². The summed E-state index contributed by atoms with van der Waals surface area (Å²) in [6.07, 6.45) is 3.88. The van der Waals surface area contributed by atoms with Crippen molar-refractivity contribution in [2.45, 2.75) is 40.5 Å². The maximum Gasteiger partial charge on any atom is 0.226 e. The van der Waals surface area contributed by atoms with E-state index in [1.54, 1.807) is 12.3 Å². The second-order valence-corrected chi connectivity index (χ2v) is 5.71. The summed E-state index contributed by atoms with van der Waals surface area (Å²) in [5.41, 5.74) is 0.434. The molecule has 0 N–H and O–H groups in total. The predicted octanol–water partition coefficient (Wildman–Crippen LogP) is 3.25. The number of aromatic nitrogens is 2. The van der Waals surface area contributed by atoms with Crippen LogP contribution in [0.15, 0.2) is 12.3 Å². The molecule has 1 aromatic rings. The first kappa shape index (κ1) is 15.4. The van der Waals surface area contributed by atoms with E-state index in [1.807, 2.05) is 0 Å². The van der Waals surface area contributed by atoms with Gasteiger partial charge in [-0.3, -0.25) is 0 Å². The van der Waals surface area contributed by atoms with Crippen LogP contribution in [0.2, 0.25) is 0 Å². The lowest BCUT2D eigenvalue weighted by atomic mass is 10.1. The maximum atomic E-state index is 8.92. The van der Waals surface area contributed by atoms with E-state index in [0.717, 1.165) is 25.9 Å². The molecule has 1 heterocycles. The third-order valence-electron chi connectivity index (χ3n) is 2.99. The first-order chi connectivity index (χ1) is 9.02. The molecule has 19 heavy (non-hydrogen) atoms. The van der Waals surface area contributed by atoms with Gasteiger partial charge in [-0.1, -0.05) is 27.7 Å². The molecule has 1 aromatic heterocycles. The summed E-state index contributed by atoms with van der Waals surface area (Å²) in [4.78, 5) is 10.8. The molecule has 0 bridgehead atoms. The Bertz CT molecular complexity index is 408. The van der Waals surface area contributed by atoms with Gasteiger partial charge in [-0.25, -0.2) is 9.97 Å². The highest BCUT2D eigenvalue weighted by Crippen LogP contribution is 2.13. The molecule has 0 fully saturated rings. The van der Waals surface area contributed by atoms with Crippen LogP contribution in [0.25, 0.3) is 0 Å². The number of anilines is 1. The molecule has 0 saturated carbocycles. The topological polar surface area (TPSA) is 52.8 Å². The van der Waals surface area contributed by atoms with Crippen molar-refractivity contribution in [2.24, 2.45) is 11.8 Å². The van der Waals surface area contributed by atoms with Gasteiger partial charge < -0.3 is 4.90 Å². The summed E-state index contributed by atoms with van der Waals surface area (Å²) in [6.45, 7) is 10.7. The smallest absolute Gasteiger partial charge is 0.226 e. The van der Waals surface area contributed by atoms with E-state index in [9.17, 15) is 0 Å². The van der Waals surface area contributed by atoms with Crippen molar-refractivity contribution in [3.05, 3.63) is 18.0 Å². The average molecular weight is 260 g/mol. The molecule has 0 spiro atoms. The van der Waals surface area contributed by atoms with Crippen molar-refractivity contribution in [2.75, 3.05) is 18.0 Å². The quantitative estimate of drug-likeness (QED) is 0.755. The Hall–Kier alpha value is -1.63. The zero-order chi connectivity index (χ0) is 14.3. The van der Waals surface area contributed by atoms with E-state index in [0.29, 0.717) is 23.5 Å². The fraction of sp³-hybridized carbons (Fsp3) is 0.667. The molecule has 0 aliphatic rings. The first-order valence-electron chi connectivity index (χ1n) is 7.01. The van der Waals surface area contributed by atoms with Gasteiger partial charge in [0.2, 0.25) is 5.95 Å². The maximum absolute atomic E-state index is 8.92. The number of hydrogen-bond acceptors (Lipinski definition) is 4. The molecular weight excluding hydrogens is 236 g/mol. The summed E-state index contributed by atoms with van der Waals surface area (Å²) >= 11 is 0. The summed E-state index contributed by atoms with van der Waals surface area (Å²) in [7, 11) is 0. The second-order valence-electron chi connectivity index (χ2n) is 5.71. The van der Waals surface area contributed by atoms with Gasteiger partial charge in [0.15, 0.2) is 0 Å². The molecule has 0 aliphatic heterocycles. The summed E-state index contributed by atoms with van der Waals surface area (Å²) in [6, 6.07) is 3.72. The lowest BCUT2D eigenvalue weighted by molar-refractivity contribution is 0.530. The van der Waals surface area contributed by atoms with Crippen molar-refractivity contribution >= 4 is 5.95 Å². The summed E-state index contributed by atoms with van der Waals surface area (Å²) < 4.78 is 0. The molecule has 0 aromatic carbocycles. The van der Waals surface area contributed by atoms with Crippen LogP contribution >= 0.6 is 0 Å². The first-order valence-corrected chi connectivity index (χ1v) is 7.01. The molecule has 0 unspecified atom stereocenters. The van der Waals surface area contributed by atoms with E-state index in [2.05, 4.69) is 48.6 Å². The minimum Gasteiger partial charge on any atom is -0.341 e. The standard InChI is InChI=1S/C15H24N4/c1-12(2)6-9-19(10-7-13(3)4)15-17-8-5-14(11-16)18-15/h5,8,12-13H,6-7,9-10H2,1-4H3. The molecule has 0 radical (unpaired) electrons. The predicted molar refractivity (Wildman–Crippen MR) is 77.9 cm³/mol. The Morgan fingerprint density at radius 1 is 1.16 bits per heavy atom. The van der Waals surface area contributed by atoms with Gasteiger partial charge in [-0.05, 0) is 30.7 Å². The van der Waals surface area contributed by atoms with Crippen molar-refractivity contribution in [3.63, 3.8) is 0 Å². The van der Waals surface area contributed by atoms with Gasteiger partial charge in [-0.2, -0.15) is 5.26 Å². The van der Waals surface area contributed by atoms with Gasteiger partial charge in [0.1, 0.15) is 11.8 Å². The van der Waals surface area contributed by atoms with Crippen LogP contribution < -0.4 is 4.90 Å². The van der Waals surface area contributed by atoms with E-state index < -0.39 is 0 Å². The Labute approximate surface area is 116 Å². The minimum atomic E-state index is 0.434. The number of rotatable bonds is 7. The van der Waals surface area contributed by atoms with Crippen LogP contribution in [-0.4, -0.2) is 23.1 Å². The van der Waals surface area contributed by atoms with E-state index in [4.69, 9.17) is 5.26 Å². The Kier molecular flexibility index (Phi) is 6.27. The Balaban J connectivity index is 2.78. The highest BCUT2D eigenvalue weighted by Gasteiger charge is 2.11. The molecule has 0 atom stereocenters. The lowest BCUT2D eigenvalue weighted by Gasteiger charge is -2.24. The van der Waals surface area contributed by atoms with Gasteiger partial charge in [-0.15, -0.1) is 0 Å². The summed E-state index contributed by atoms with van der Waals surface area (Å²) in [5, 5.41) is 8.92. The monoisotopic (exact) mass is 260 g/mol. The van der Waals surface area contributed by atoms with Crippen LogP contribution in [0, 0.1) is 23.2 Å². The molecule has 1 rings (SSSR count). The van der Waals surface area contributed by atoms with Crippen LogP contribution in [-0.2, 0) is 0 Å². The van der Waals surface area contributed by atoms with Crippen LogP contribution in [0.3, 0.4) is 0 Å². The normalized spacial score (nSPS) is 10.8. The molecule has 4 nitrogen and oxygen atoms in total. The highest BCUT2D eigenvalue weighted by atomic mass is 15.2. The van der Waals surface area contributed by atoms with Gasteiger partial charge in [0, 0.05) is 19.3 Å². The van der Waals surface area contributed by atoms with Crippen LogP contribution in [0.4, 0.5) is 5.95 Å². The van der Waals surface area contributed by atoms with Crippen molar-refractivity contribution in [1.29, 1.82) is 5.26 Å².